The van der Waals surface area contributed by atoms with Crippen molar-refractivity contribution < 1.29 is 23.5 Å². The summed E-state index contributed by atoms with van der Waals surface area (Å²) in [6.07, 6.45) is -0.0611. The van der Waals surface area contributed by atoms with E-state index in [1.807, 2.05) is 6.92 Å². The Bertz CT molecular complexity index is 1550. The number of hydrogen-bond acceptors (Lipinski definition) is 4. The second-order valence-corrected chi connectivity index (χ2v) is 11.3. The third-order valence-corrected chi connectivity index (χ3v) is 8.16. The molecule has 0 aliphatic carbocycles. The highest BCUT2D eigenvalue weighted by Crippen LogP contribution is 2.59. The average molecular weight is 599 g/mol. The van der Waals surface area contributed by atoms with Gasteiger partial charge in [0, 0.05) is 47.7 Å². The van der Waals surface area contributed by atoms with Crippen molar-refractivity contribution in [3.63, 3.8) is 0 Å². The number of ether oxygens (including phenoxy) is 1. The summed E-state index contributed by atoms with van der Waals surface area (Å²) < 4.78 is 20.7. The summed E-state index contributed by atoms with van der Waals surface area (Å²) in [6.45, 7) is 2.16. The molecule has 5 rings (SSSR count). The average Bonchev–Trinajstić information content (AvgIpc) is 3.20. The molecule has 0 saturated carbocycles. The molecule has 1 spiro atoms. The minimum absolute atomic E-state index is 0.0611. The number of carbonyl (C=O) groups is 3. The Hall–Kier alpha value is -3.82. The van der Waals surface area contributed by atoms with E-state index in [2.05, 4.69) is 16.0 Å². The number of nitrogens with zero attached hydrogens (tertiary/aromatic N) is 1. The molecule has 3 N–H and O–H groups in total. The van der Waals surface area contributed by atoms with E-state index >= 15 is 0 Å². The van der Waals surface area contributed by atoms with Gasteiger partial charge < -0.3 is 25.6 Å². The summed E-state index contributed by atoms with van der Waals surface area (Å²) in [5.41, 5.74) is 1.48. The number of aryl methyl sites for hydroxylation is 1. The largest absolute Gasteiger partial charge is 0.491 e. The van der Waals surface area contributed by atoms with Gasteiger partial charge in [0.15, 0.2) is 0 Å². The molecule has 2 aliphatic rings. The van der Waals surface area contributed by atoms with Gasteiger partial charge in [0.25, 0.3) is 0 Å². The molecule has 0 aromatic heterocycles. The summed E-state index contributed by atoms with van der Waals surface area (Å²) >= 11 is 12.8. The van der Waals surface area contributed by atoms with Crippen molar-refractivity contribution in [1.29, 1.82) is 0 Å². The van der Waals surface area contributed by atoms with Crippen molar-refractivity contribution in [2.24, 2.45) is 0 Å². The predicted molar refractivity (Wildman–Crippen MR) is 155 cm³/mol. The van der Waals surface area contributed by atoms with E-state index in [0.29, 0.717) is 43.7 Å². The second kappa shape index (κ2) is 11.2. The molecule has 2 aliphatic heterocycles. The van der Waals surface area contributed by atoms with E-state index in [1.165, 1.54) is 17.0 Å². The van der Waals surface area contributed by atoms with Crippen LogP contribution in [0.3, 0.4) is 0 Å². The lowest BCUT2D eigenvalue weighted by Gasteiger charge is -2.47. The van der Waals surface area contributed by atoms with Crippen molar-refractivity contribution in [2.45, 2.75) is 30.7 Å². The van der Waals surface area contributed by atoms with Crippen LogP contribution >= 0.6 is 23.2 Å². The third kappa shape index (κ3) is 5.20. The van der Waals surface area contributed by atoms with Crippen LogP contribution in [0.5, 0.6) is 5.75 Å². The molecular weight excluding hydrogens is 570 g/mol. The fourth-order valence-corrected chi connectivity index (χ4v) is 6.20. The summed E-state index contributed by atoms with van der Waals surface area (Å²) in [5.74, 6) is -1.50. The molecule has 3 aromatic carbocycles. The van der Waals surface area contributed by atoms with Gasteiger partial charge in [-0.15, -0.1) is 0 Å². The Balaban J connectivity index is 1.67. The van der Waals surface area contributed by atoms with E-state index in [0.717, 1.165) is 0 Å². The van der Waals surface area contributed by atoms with Crippen LogP contribution in [0.15, 0.2) is 54.6 Å². The number of fused-ring (bicyclic) bond motifs is 2. The number of nitrogens with one attached hydrogen (secondary N) is 3. The van der Waals surface area contributed by atoms with Gasteiger partial charge in [-0.25, -0.2) is 9.18 Å². The first-order valence-electron chi connectivity index (χ1n) is 13.1. The Labute approximate surface area is 247 Å². The highest BCUT2D eigenvalue weighted by atomic mass is 35.5. The van der Waals surface area contributed by atoms with E-state index in [4.69, 9.17) is 27.9 Å². The fourth-order valence-electron chi connectivity index (χ4n) is 5.84. The molecular formula is C30H29Cl2FN4O4. The van der Waals surface area contributed by atoms with Crippen LogP contribution in [0.2, 0.25) is 10.0 Å². The van der Waals surface area contributed by atoms with Gasteiger partial charge in [0.2, 0.25) is 11.8 Å². The van der Waals surface area contributed by atoms with Gasteiger partial charge in [-0.3, -0.25) is 9.59 Å². The van der Waals surface area contributed by atoms with Gasteiger partial charge in [-0.05, 0) is 66.1 Å². The molecule has 0 unspecified atom stereocenters. The maximum Gasteiger partial charge on any atom is 0.316 e. The molecule has 4 amide bonds. The zero-order chi connectivity index (χ0) is 29.5. The monoisotopic (exact) mass is 598 g/mol. The maximum absolute atomic E-state index is 14.6. The number of urea groups is 1. The first-order valence-corrected chi connectivity index (χ1v) is 13.8. The highest BCUT2D eigenvalue weighted by molar-refractivity contribution is 6.31. The Morgan fingerprint density at radius 3 is 2.56 bits per heavy atom. The summed E-state index contributed by atoms with van der Waals surface area (Å²) in [5, 5.41) is 9.53. The fraction of sp³-hybridized carbons (Fsp3) is 0.300. The number of hydrogen-bond donors (Lipinski definition) is 3. The van der Waals surface area contributed by atoms with Crippen LogP contribution in [-0.2, 0) is 15.0 Å². The Kier molecular flexibility index (Phi) is 7.85. The van der Waals surface area contributed by atoms with Crippen molar-refractivity contribution in [3.05, 3.63) is 92.7 Å². The second-order valence-electron chi connectivity index (χ2n) is 10.4. The summed E-state index contributed by atoms with van der Waals surface area (Å²) in [6, 6.07) is 13.3. The maximum atomic E-state index is 14.6. The molecule has 1 saturated heterocycles. The van der Waals surface area contributed by atoms with Gasteiger partial charge in [0.05, 0.1) is 12.6 Å². The molecule has 2 heterocycles. The number of anilines is 1. The summed E-state index contributed by atoms with van der Waals surface area (Å²) in [4.78, 5) is 41.0. The van der Waals surface area contributed by atoms with E-state index in [1.54, 1.807) is 56.6 Å². The number of benzene rings is 3. The molecule has 0 radical (unpaired) electrons. The molecule has 41 heavy (non-hydrogen) atoms. The van der Waals surface area contributed by atoms with Crippen molar-refractivity contribution in [1.82, 2.24) is 15.5 Å². The minimum atomic E-state index is -1.39. The van der Waals surface area contributed by atoms with Crippen molar-refractivity contribution in [3.8, 4) is 5.75 Å². The van der Waals surface area contributed by atoms with Crippen molar-refractivity contribution >= 4 is 46.7 Å². The minimum Gasteiger partial charge on any atom is -0.491 e. The number of carbonyl (C=O) groups excluding carboxylic acids is 3. The quantitative estimate of drug-likeness (QED) is 0.334. The number of piperidine rings is 1. The summed E-state index contributed by atoms with van der Waals surface area (Å²) in [7, 11) is 3.27. The first kappa shape index (κ1) is 28.7. The Morgan fingerprint density at radius 1 is 1.07 bits per heavy atom. The lowest BCUT2D eigenvalue weighted by molar-refractivity contribution is -0.131. The van der Waals surface area contributed by atoms with Gasteiger partial charge in [-0.2, -0.15) is 0 Å². The number of halogens is 3. The topological polar surface area (TPSA) is 99.8 Å². The zero-order valence-corrected chi connectivity index (χ0v) is 24.2. The molecule has 3 aromatic rings. The molecule has 3 atom stereocenters. The van der Waals surface area contributed by atoms with Crippen molar-refractivity contribution in [2.75, 3.05) is 32.6 Å². The van der Waals surface area contributed by atoms with E-state index in [-0.39, 0.29) is 37.4 Å². The smallest absolute Gasteiger partial charge is 0.316 e. The van der Waals surface area contributed by atoms with Gasteiger partial charge in [0.1, 0.15) is 23.6 Å². The van der Waals surface area contributed by atoms with E-state index in [9.17, 15) is 18.8 Å². The molecule has 11 heteroatoms. The molecule has 214 valence electrons. The van der Waals surface area contributed by atoms with Crippen LogP contribution in [0, 0.1) is 12.7 Å². The highest BCUT2D eigenvalue weighted by Gasteiger charge is 2.61. The lowest BCUT2D eigenvalue weighted by atomic mass is 9.59. The van der Waals surface area contributed by atoms with Crippen LogP contribution < -0.4 is 20.7 Å². The van der Waals surface area contributed by atoms with Crippen LogP contribution in [0.25, 0.3) is 0 Å². The van der Waals surface area contributed by atoms with Crippen LogP contribution in [0.4, 0.5) is 14.9 Å². The van der Waals surface area contributed by atoms with Gasteiger partial charge in [-0.1, -0.05) is 35.3 Å². The number of rotatable bonds is 6. The third-order valence-electron chi connectivity index (χ3n) is 7.69. The molecule has 1 fully saturated rings. The standard InChI is InChI=1S/C30H29Cl2FN4O4/c1-16-4-7-19(33)14-20(16)27-30(22-8-5-18(32)13-24(22)35-28(30)39)23(15-26(38)36-27)21-12-17(31)6-9-25(21)41-11-10-34-29(40)37(2)3/h4-9,12-14,23,27H,10-11,15H2,1-3H3,(H,34,40)(H,35,39)(H,36,38)/t23-,27+,30-/m1/s1. The normalized spacial score (nSPS) is 21.2. The zero-order valence-electron chi connectivity index (χ0n) is 22.7. The van der Waals surface area contributed by atoms with Crippen LogP contribution in [0.1, 0.15) is 40.6 Å². The molecule has 0 bridgehead atoms. The first-order chi connectivity index (χ1) is 19.5. The lowest BCUT2D eigenvalue weighted by Crippen LogP contribution is -2.57. The predicted octanol–water partition coefficient (Wildman–Crippen LogP) is 5.33. The number of amides is 4. The van der Waals surface area contributed by atoms with E-state index < -0.39 is 23.2 Å². The van der Waals surface area contributed by atoms with Crippen LogP contribution in [-0.4, -0.2) is 50.0 Å². The molecule has 8 nitrogen and oxygen atoms in total. The SMILES string of the molecule is Cc1ccc(F)cc1[C@@H]1NC(=O)C[C@H](c2cc(Cl)ccc2OCCNC(=O)N(C)C)[C@@]12C(=O)Nc1cc(Cl)ccc12. The van der Waals surface area contributed by atoms with Gasteiger partial charge >= 0.3 is 6.03 Å². The Morgan fingerprint density at radius 2 is 1.80 bits per heavy atom.